The molecule has 29 heavy (non-hydrogen) atoms. The zero-order chi connectivity index (χ0) is 21.4. The maximum absolute atomic E-state index is 11.3. The summed E-state index contributed by atoms with van der Waals surface area (Å²) >= 11 is 0. The summed E-state index contributed by atoms with van der Waals surface area (Å²) in [6.45, 7) is 2.63. The maximum atomic E-state index is 11.3. The number of terminal acetylenes is 1. The van der Waals surface area contributed by atoms with E-state index in [9.17, 15) is 4.79 Å². The van der Waals surface area contributed by atoms with E-state index in [1.807, 2.05) is 30.3 Å². The molecule has 2 N–H and O–H groups in total. The molecule has 0 atom stereocenters. The summed E-state index contributed by atoms with van der Waals surface area (Å²) in [5.41, 5.74) is 0.951. The minimum Gasteiger partial charge on any atom is -0.345 e. The van der Waals surface area contributed by atoms with Gasteiger partial charge in [0.2, 0.25) is 5.91 Å². The Kier molecular flexibility index (Phi) is 20.6. The Labute approximate surface area is 179 Å². The van der Waals surface area contributed by atoms with Crippen molar-refractivity contribution in [2.45, 2.75) is 96.8 Å². The first-order valence-electron chi connectivity index (χ1n) is 11.5. The van der Waals surface area contributed by atoms with E-state index in [0.717, 1.165) is 12.0 Å². The molecule has 0 bridgehead atoms. The highest BCUT2D eigenvalue weighted by Crippen LogP contribution is 2.12. The molecule has 162 valence electrons. The van der Waals surface area contributed by atoms with Gasteiger partial charge in [0.25, 0.3) is 0 Å². The average molecular weight is 399 g/mol. The van der Waals surface area contributed by atoms with E-state index in [0.29, 0.717) is 13.0 Å². The Bertz CT molecular complexity index is 533. The van der Waals surface area contributed by atoms with Gasteiger partial charge in [0.05, 0.1) is 6.54 Å². The fourth-order valence-corrected chi connectivity index (χ4v) is 3.09. The largest absolute Gasteiger partial charge is 0.345 e. The fraction of sp³-hybridized carbons (Fsp3) is 0.615. The monoisotopic (exact) mass is 398 g/mol. The van der Waals surface area contributed by atoms with Crippen molar-refractivity contribution < 1.29 is 4.79 Å². The normalized spacial score (nSPS) is 9.79. The van der Waals surface area contributed by atoms with Gasteiger partial charge in [-0.3, -0.25) is 4.79 Å². The van der Waals surface area contributed by atoms with Gasteiger partial charge in [-0.2, -0.15) is 0 Å². The second-order valence-corrected chi connectivity index (χ2v) is 7.53. The third kappa shape index (κ3) is 20.5. The molecule has 0 aliphatic rings. The molecule has 0 aliphatic heterocycles. The summed E-state index contributed by atoms with van der Waals surface area (Å²) in [4.78, 5) is 11.3. The number of hydrogen-bond acceptors (Lipinski definition) is 2. The standard InChI is InChI=1S/C19H35NO.C7H7N/c1-3-5-6-7-8-9-10-11-12-13-14-15-16-17-19(21)20-18-4-2;8-6-7-4-2-1-3-5-7/h2H,3,5-18H2,1H3,(H,20,21);1-6,8H. The number of amides is 1. The van der Waals surface area contributed by atoms with Crippen molar-refractivity contribution in [2.24, 2.45) is 0 Å². The van der Waals surface area contributed by atoms with Crippen molar-refractivity contribution >= 4 is 12.1 Å². The van der Waals surface area contributed by atoms with Crippen LogP contribution in [0.2, 0.25) is 0 Å². The first-order chi connectivity index (χ1) is 14.2. The van der Waals surface area contributed by atoms with Crippen molar-refractivity contribution in [2.75, 3.05) is 6.54 Å². The van der Waals surface area contributed by atoms with Crippen LogP contribution in [0, 0.1) is 17.8 Å². The molecule has 0 radical (unpaired) electrons. The first kappa shape index (κ1) is 26.9. The predicted molar refractivity (Wildman–Crippen MR) is 126 cm³/mol. The predicted octanol–water partition coefficient (Wildman–Crippen LogP) is 6.90. The van der Waals surface area contributed by atoms with Crippen LogP contribution in [-0.4, -0.2) is 18.7 Å². The Morgan fingerprint density at radius 1 is 0.897 bits per heavy atom. The number of rotatable bonds is 16. The minimum atomic E-state index is 0.0935. The van der Waals surface area contributed by atoms with Crippen molar-refractivity contribution in [3.8, 4) is 12.3 Å². The second kappa shape index (κ2) is 22.2. The van der Waals surface area contributed by atoms with E-state index in [1.165, 1.54) is 83.3 Å². The maximum Gasteiger partial charge on any atom is 0.220 e. The second-order valence-electron chi connectivity index (χ2n) is 7.53. The molecule has 0 aromatic heterocycles. The van der Waals surface area contributed by atoms with Crippen molar-refractivity contribution in [3.05, 3.63) is 35.9 Å². The van der Waals surface area contributed by atoms with Crippen LogP contribution in [0.3, 0.4) is 0 Å². The molecule has 1 rings (SSSR count). The van der Waals surface area contributed by atoms with Crippen LogP contribution in [0.25, 0.3) is 0 Å². The molecule has 0 fully saturated rings. The van der Waals surface area contributed by atoms with Gasteiger partial charge in [-0.1, -0.05) is 120 Å². The summed E-state index contributed by atoms with van der Waals surface area (Å²) < 4.78 is 0. The average Bonchev–Trinajstić information content (AvgIpc) is 2.76. The van der Waals surface area contributed by atoms with Crippen LogP contribution >= 0.6 is 0 Å². The lowest BCUT2D eigenvalue weighted by molar-refractivity contribution is -0.120. The molecule has 0 unspecified atom stereocenters. The summed E-state index contributed by atoms with van der Waals surface area (Å²) in [6.07, 6.45) is 24.4. The van der Waals surface area contributed by atoms with E-state index in [2.05, 4.69) is 18.2 Å². The fourth-order valence-electron chi connectivity index (χ4n) is 3.09. The Morgan fingerprint density at radius 3 is 1.79 bits per heavy atom. The van der Waals surface area contributed by atoms with Gasteiger partial charge < -0.3 is 10.7 Å². The van der Waals surface area contributed by atoms with Gasteiger partial charge in [0.1, 0.15) is 0 Å². The van der Waals surface area contributed by atoms with Gasteiger partial charge in [0, 0.05) is 12.6 Å². The molecule has 0 saturated carbocycles. The Balaban J connectivity index is 0.000000807. The summed E-state index contributed by atoms with van der Waals surface area (Å²) in [5.74, 6) is 2.51. The Hall–Kier alpha value is -2.08. The highest BCUT2D eigenvalue weighted by atomic mass is 16.1. The third-order valence-electron chi connectivity index (χ3n) is 4.86. The van der Waals surface area contributed by atoms with Crippen molar-refractivity contribution in [3.63, 3.8) is 0 Å². The first-order valence-corrected chi connectivity index (χ1v) is 11.5. The zero-order valence-corrected chi connectivity index (χ0v) is 18.6. The van der Waals surface area contributed by atoms with E-state index < -0.39 is 0 Å². The highest BCUT2D eigenvalue weighted by Gasteiger charge is 1.99. The molecule has 3 nitrogen and oxygen atoms in total. The summed E-state index contributed by atoms with van der Waals surface area (Å²) in [7, 11) is 0. The van der Waals surface area contributed by atoms with Gasteiger partial charge >= 0.3 is 0 Å². The van der Waals surface area contributed by atoms with Gasteiger partial charge in [-0.15, -0.1) is 6.42 Å². The zero-order valence-electron chi connectivity index (χ0n) is 18.6. The van der Waals surface area contributed by atoms with Crippen LogP contribution in [0.1, 0.15) is 102 Å². The van der Waals surface area contributed by atoms with Crippen molar-refractivity contribution in [1.82, 2.24) is 5.32 Å². The highest BCUT2D eigenvalue weighted by molar-refractivity contribution is 5.76. The number of carbonyl (C=O) groups excluding carboxylic acids is 1. The van der Waals surface area contributed by atoms with Crippen LogP contribution < -0.4 is 5.32 Å². The van der Waals surface area contributed by atoms with Crippen LogP contribution in [0.4, 0.5) is 0 Å². The van der Waals surface area contributed by atoms with Gasteiger partial charge in [0.15, 0.2) is 0 Å². The quantitative estimate of drug-likeness (QED) is 0.177. The topological polar surface area (TPSA) is 53.0 Å². The van der Waals surface area contributed by atoms with E-state index in [1.54, 1.807) is 0 Å². The number of benzene rings is 1. The van der Waals surface area contributed by atoms with Crippen LogP contribution in [-0.2, 0) is 4.79 Å². The minimum absolute atomic E-state index is 0.0935. The summed E-state index contributed by atoms with van der Waals surface area (Å²) in [5, 5.41) is 9.52. The van der Waals surface area contributed by atoms with Gasteiger partial charge in [-0.25, -0.2) is 0 Å². The number of unbranched alkanes of at least 4 members (excludes halogenated alkanes) is 12. The third-order valence-corrected chi connectivity index (χ3v) is 4.86. The lowest BCUT2D eigenvalue weighted by Gasteiger charge is -2.03. The van der Waals surface area contributed by atoms with Crippen LogP contribution in [0.5, 0.6) is 0 Å². The molecule has 3 heteroatoms. The van der Waals surface area contributed by atoms with Gasteiger partial charge in [-0.05, 0) is 12.0 Å². The molecule has 0 aliphatic carbocycles. The molecule has 1 amide bonds. The molecule has 1 aromatic carbocycles. The summed E-state index contributed by atoms with van der Waals surface area (Å²) in [6, 6.07) is 9.56. The van der Waals surface area contributed by atoms with E-state index in [-0.39, 0.29) is 5.91 Å². The lowest BCUT2D eigenvalue weighted by atomic mass is 10.0. The Morgan fingerprint density at radius 2 is 1.38 bits per heavy atom. The van der Waals surface area contributed by atoms with E-state index in [4.69, 9.17) is 11.8 Å². The van der Waals surface area contributed by atoms with E-state index >= 15 is 0 Å². The SMILES string of the molecule is C#CCNC(=O)CCCCCCCCCCCCCCC.N=Cc1ccccc1. The smallest absolute Gasteiger partial charge is 0.220 e. The number of carbonyl (C=O) groups is 1. The molecule has 1 aromatic rings. The lowest BCUT2D eigenvalue weighted by Crippen LogP contribution is -2.22. The number of hydrogen-bond donors (Lipinski definition) is 2. The molecular weight excluding hydrogens is 356 g/mol. The molecular formula is C26H42N2O. The molecule has 0 spiro atoms. The molecule has 0 heterocycles. The number of nitrogens with one attached hydrogen (secondary N) is 2. The van der Waals surface area contributed by atoms with Crippen LogP contribution in [0.15, 0.2) is 30.3 Å². The van der Waals surface area contributed by atoms with Crippen molar-refractivity contribution in [1.29, 1.82) is 5.41 Å². The molecule has 0 saturated heterocycles.